The average molecular weight is 360 g/mol. The van der Waals surface area contributed by atoms with E-state index in [1.807, 2.05) is 30.0 Å². The summed E-state index contributed by atoms with van der Waals surface area (Å²) in [5, 5.41) is 0. The van der Waals surface area contributed by atoms with Crippen molar-refractivity contribution in [3.63, 3.8) is 0 Å². The fourth-order valence-corrected chi connectivity index (χ4v) is 3.47. The highest BCUT2D eigenvalue weighted by atomic mass is 35.5. The third-order valence-electron chi connectivity index (χ3n) is 3.82. The summed E-state index contributed by atoms with van der Waals surface area (Å²) in [4.78, 5) is 19.2. The first-order chi connectivity index (χ1) is 9.66. The van der Waals surface area contributed by atoms with Gasteiger partial charge in [-0.1, -0.05) is 30.3 Å². The summed E-state index contributed by atoms with van der Waals surface area (Å²) in [6.45, 7) is 3.16. The maximum Gasteiger partial charge on any atom is 0.265 e. The maximum atomic E-state index is 12.5. The number of rotatable bonds is 2. The summed E-state index contributed by atoms with van der Waals surface area (Å²) in [6, 6.07) is 10.2. The van der Waals surface area contributed by atoms with Crippen molar-refractivity contribution >= 4 is 42.1 Å². The average Bonchev–Trinajstić information content (AvgIpc) is 3.05. The molecule has 120 valence electrons. The first kappa shape index (κ1) is 18.9. The summed E-state index contributed by atoms with van der Waals surface area (Å²) < 4.78 is 0. The number of nitrogens with zero attached hydrogens (tertiary/aromatic N) is 2. The molecule has 0 unspecified atom stereocenters. The first-order valence-corrected chi connectivity index (χ1v) is 7.54. The highest BCUT2D eigenvalue weighted by Crippen LogP contribution is 2.28. The third-order valence-corrected chi connectivity index (χ3v) is 4.74. The number of aryl methyl sites for hydroxylation is 1. The second-order valence-corrected chi connectivity index (χ2v) is 6.01. The van der Waals surface area contributed by atoms with Crippen LogP contribution in [0.15, 0.2) is 35.8 Å². The number of amides is 1. The molecule has 7 heteroatoms. The van der Waals surface area contributed by atoms with Gasteiger partial charge in [-0.15, -0.1) is 36.2 Å². The number of carbonyl (C=O) groups is 1. The molecule has 4 nitrogen and oxygen atoms in total. The van der Waals surface area contributed by atoms with E-state index in [1.54, 1.807) is 5.51 Å². The van der Waals surface area contributed by atoms with Gasteiger partial charge in [-0.05, 0) is 12.5 Å². The second kappa shape index (κ2) is 7.92. The van der Waals surface area contributed by atoms with Gasteiger partial charge < -0.3 is 10.6 Å². The van der Waals surface area contributed by atoms with E-state index in [0.717, 1.165) is 10.6 Å². The van der Waals surface area contributed by atoms with Gasteiger partial charge in [0.1, 0.15) is 4.88 Å². The highest BCUT2D eigenvalue weighted by Gasteiger charge is 2.35. The smallest absolute Gasteiger partial charge is 0.265 e. The van der Waals surface area contributed by atoms with E-state index in [9.17, 15) is 4.79 Å². The molecule has 2 heterocycles. The van der Waals surface area contributed by atoms with Crippen molar-refractivity contribution in [3.8, 4) is 0 Å². The Morgan fingerprint density at radius 1 is 1.27 bits per heavy atom. The van der Waals surface area contributed by atoms with Crippen molar-refractivity contribution in [2.75, 3.05) is 13.1 Å². The lowest BCUT2D eigenvalue weighted by molar-refractivity contribution is 0.0793. The number of halogens is 2. The van der Waals surface area contributed by atoms with Crippen LogP contribution in [0.5, 0.6) is 0 Å². The number of hydrogen-bond acceptors (Lipinski definition) is 4. The van der Waals surface area contributed by atoms with Crippen LogP contribution in [0.25, 0.3) is 0 Å². The molecule has 1 fully saturated rings. The van der Waals surface area contributed by atoms with Crippen LogP contribution >= 0.6 is 36.2 Å². The molecule has 1 aliphatic heterocycles. The van der Waals surface area contributed by atoms with Crippen LogP contribution in [-0.4, -0.2) is 34.9 Å². The summed E-state index contributed by atoms with van der Waals surface area (Å²) in [5.41, 5.74) is 9.95. The standard InChI is InChI=1S/C15H17N3OS.2ClH/c1-10-14(20-9-17-10)15(19)18-7-12(13(16)8-18)11-5-3-2-4-6-11;;/h2-6,9,12-13H,7-8,16H2,1H3;2*1H/t12-,13+;;/m0../s1. The van der Waals surface area contributed by atoms with E-state index in [4.69, 9.17) is 5.73 Å². The highest BCUT2D eigenvalue weighted by molar-refractivity contribution is 7.11. The van der Waals surface area contributed by atoms with Crippen LogP contribution in [0.2, 0.25) is 0 Å². The number of thiazole rings is 1. The predicted molar refractivity (Wildman–Crippen MR) is 94.4 cm³/mol. The van der Waals surface area contributed by atoms with Crippen LogP contribution < -0.4 is 5.73 Å². The number of hydrogen-bond donors (Lipinski definition) is 1. The van der Waals surface area contributed by atoms with E-state index in [1.165, 1.54) is 16.9 Å². The Balaban J connectivity index is 0.00000121. The molecule has 0 saturated carbocycles. The Kier molecular flexibility index (Phi) is 6.81. The van der Waals surface area contributed by atoms with Crippen LogP contribution in [-0.2, 0) is 0 Å². The van der Waals surface area contributed by atoms with E-state index in [0.29, 0.717) is 13.1 Å². The Labute approximate surface area is 146 Å². The molecule has 1 aliphatic rings. The predicted octanol–water partition coefficient (Wildman–Crippen LogP) is 2.86. The van der Waals surface area contributed by atoms with Gasteiger partial charge in [-0.25, -0.2) is 4.98 Å². The maximum absolute atomic E-state index is 12.5. The van der Waals surface area contributed by atoms with Crippen molar-refractivity contribution in [1.29, 1.82) is 0 Å². The topological polar surface area (TPSA) is 59.2 Å². The fourth-order valence-electron chi connectivity index (χ4n) is 2.70. The minimum atomic E-state index is -0.00502. The van der Waals surface area contributed by atoms with Gasteiger partial charge in [0.25, 0.3) is 5.91 Å². The number of likely N-dealkylation sites (tertiary alicyclic amines) is 1. The van der Waals surface area contributed by atoms with Crippen molar-refractivity contribution in [1.82, 2.24) is 9.88 Å². The Morgan fingerprint density at radius 3 is 2.55 bits per heavy atom. The summed E-state index contributed by atoms with van der Waals surface area (Å²) >= 11 is 1.40. The summed E-state index contributed by atoms with van der Waals surface area (Å²) in [5.74, 6) is 0.271. The molecule has 1 saturated heterocycles. The minimum absolute atomic E-state index is 0. The largest absolute Gasteiger partial charge is 0.336 e. The molecule has 0 radical (unpaired) electrons. The lowest BCUT2D eigenvalue weighted by atomic mass is 9.95. The molecule has 0 aliphatic carbocycles. The summed E-state index contributed by atoms with van der Waals surface area (Å²) in [7, 11) is 0. The van der Waals surface area contributed by atoms with E-state index >= 15 is 0 Å². The molecular formula is C15H19Cl2N3OS. The van der Waals surface area contributed by atoms with Gasteiger partial charge in [0.15, 0.2) is 0 Å². The zero-order valence-electron chi connectivity index (χ0n) is 12.1. The SMILES string of the molecule is Cc1ncsc1C(=O)N1C[C@@H](N)[C@H](c2ccccc2)C1.Cl.Cl. The molecule has 2 N–H and O–H groups in total. The van der Waals surface area contributed by atoms with Crippen LogP contribution in [0.1, 0.15) is 26.8 Å². The van der Waals surface area contributed by atoms with Crippen LogP contribution in [0, 0.1) is 6.92 Å². The van der Waals surface area contributed by atoms with Crippen LogP contribution in [0.4, 0.5) is 0 Å². The number of aromatic nitrogens is 1. The molecule has 3 rings (SSSR count). The van der Waals surface area contributed by atoms with Crippen molar-refractivity contribution in [2.45, 2.75) is 18.9 Å². The molecule has 1 aromatic heterocycles. The number of carbonyl (C=O) groups excluding carboxylic acids is 1. The monoisotopic (exact) mass is 359 g/mol. The number of nitrogens with two attached hydrogens (primary N) is 1. The van der Waals surface area contributed by atoms with Crippen molar-refractivity contribution in [2.24, 2.45) is 5.73 Å². The van der Waals surface area contributed by atoms with Crippen LogP contribution in [0.3, 0.4) is 0 Å². The lowest BCUT2D eigenvalue weighted by Gasteiger charge is -2.15. The molecular weight excluding hydrogens is 341 g/mol. The van der Waals surface area contributed by atoms with Gasteiger partial charge in [0.05, 0.1) is 11.2 Å². The molecule has 1 amide bonds. The molecule has 2 atom stereocenters. The summed E-state index contributed by atoms with van der Waals surface area (Å²) in [6.07, 6.45) is 0. The number of benzene rings is 1. The zero-order valence-corrected chi connectivity index (χ0v) is 14.6. The molecule has 22 heavy (non-hydrogen) atoms. The first-order valence-electron chi connectivity index (χ1n) is 6.66. The quantitative estimate of drug-likeness (QED) is 0.896. The van der Waals surface area contributed by atoms with Gasteiger partial charge in [-0.2, -0.15) is 0 Å². The van der Waals surface area contributed by atoms with Gasteiger partial charge in [-0.3, -0.25) is 4.79 Å². The van der Waals surface area contributed by atoms with E-state index in [2.05, 4.69) is 17.1 Å². The zero-order chi connectivity index (χ0) is 14.1. The normalized spacial score (nSPS) is 20.2. The van der Waals surface area contributed by atoms with Gasteiger partial charge in [0, 0.05) is 25.0 Å². The third kappa shape index (κ3) is 3.60. The molecule has 2 aromatic rings. The lowest BCUT2D eigenvalue weighted by Crippen LogP contribution is -2.32. The van der Waals surface area contributed by atoms with Crippen molar-refractivity contribution in [3.05, 3.63) is 52.0 Å². The van der Waals surface area contributed by atoms with Crippen molar-refractivity contribution < 1.29 is 4.79 Å². The molecule has 0 spiro atoms. The second-order valence-electron chi connectivity index (χ2n) is 5.16. The van der Waals surface area contributed by atoms with Gasteiger partial charge >= 0.3 is 0 Å². The Bertz CT molecular complexity index is 620. The molecule has 0 bridgehead atoms. The van der Waals surface area contributed by atoms with E-state index < -0.39 is 0 Å². The Morgan fingerprint density at radius 2 is 1.95 bits per heavy atom. The minimum Gasteiger partial charge on any atom is -0.336 e. The molecule has 1 aromatic carbocycles. The fraction of sp³-hybridized carbons (Fsp3) is 0.333. The van der Waals surface area contributed by atoms with Gasteiger partial charge in [0.2, 0.25) is 0 Å². The van der Waals surface area contributed by atoms with E-state index in [-0.39, 0.29) is 42.7 Å². The Hall–Kier alpha value is -1.14.